The molecule has 6 heteroatoms. The van der Waals surface area contributed by atoms with E-state index in [1.54, 1.807) is 6.92 Å². The molecule has 1 aromatic rings. The quantitative estimate of drug-likeness (QED) is 0.680. The minimum absolute atomic E-state index is 0.102. The van der Waals surface area contributed by atoms with Crippen molar-refractivity contribution < 1.29 is 18.8 Å². The van der Waals surface area contributed by atoms with Crippen LogP contribution in [0.25, 0.3) is 0 Å². The Labute approximate surface area is 130 Å². The van der Waals surface area contributed by atoms with E-state index >= 15 is 0 Å². The Bertz CT molecular complexity index is 519. The molecule has 22 heavy (non-hydrogen) atoms. The van der Waals surface area contributed by atoms with Crippen molar-refractivity contribution in [2.24, 2.45) is 5.92 Å². The Hall–Kier alpha value is -1.85. The summed E-state index contributed by atoms with van der Waals surface area (Å²) in [5.41, 5.74) is 1.55. The first-order valence-electron chi connectivity index (χ1n) is 7.82. The second-order valence-electron chi connectivity index (χ2n) is 5.92. The van der Waals surface area contributed by atoms with Gasteiger partial charge in [0.1, 0.15) is 5.76 Å². The molecule has 0 saturated heterocycles. The maximum Gasteiger partial charge on any atom is 0.310 e. The van der Waals surface area contributed by atoms with Crippen LogP contribution < -0.4 is 5.32 Å². The molecule has 2 rings (SSSR count). The third-order valence-corrected chi connectivity index (χ3v) is 4.38. The second kappa shape index (κ2) is 7.42. The Kier molecular flexibility index (Phi) is 5.57. The van der Waals surface area contributed by atoms with Crippen LogP contribution in [0.5, 0.6) is 0 Å². The zero-order valence-electron chi connectivity index (χ0n) is 13.5. The van der Waals surface area contributed by atoms with Gasteiger partial charge in [-0.15, -0.1) is 0 Å². The first-order chi connectivity index (χ1) is 10.5. The molecule has 0 radical (unpaired) electrons. The molecule has 1 saturated carbocycles. The Morgan fingerprint density at radius 1 is 1.27 bits per heavy atom. The highest BCUT2D eigenvalue weighted by Gasteiger charge is 2.31. The number of amides is 1. The molecule has 1 aliphatic carbocycles. The smallest absolute Gasteiger partial charge is 0.310 e. The first kappa shape index (κ1) is 16.5. The fraction of sp³-hybridized carbons (Fsp3) is 0.688. The van der Waals surface area contributed by atoms with Gasteiger partial charge in [0.05, 0.1) is 25.1 Å². The average Bonchev–Trinajstić information content (AvgIpc) is 2.71. The third kappa shape index (κ3) is 3.87. The van der Waals surface area contributed by atoms with Gasteiger partial charge in [0.2, 0.25) is 5.91 Å². The van der Waals surface area contributed by atoms with Crippen molar-refractivity contribution in [2.45, 2.75) is 58.4 Å². The molecule has 1 heterocycles. The first-order valence-corrected chi connectivity index (χ1v) is 7.82. The molecule has 0 aliphatic heterocycles. The molecule has 1 N–H and O–H groups in total. The molecule has 6 nitrogen and oxygen atoms in total. The van der Waals surface area contributed by atoms with Gasteiger partial charge in [-0.25, -0.2) is 0 Å². The molecule has 1 fully saturated rings. The number of methoxy groups -OCH3 is 1. The largest absolute Gasteiger partial charge is 0.469 e. The van der Waals surface area contributed by atoms with Gasteiger partial charge in [0.25, 0.3) is 0 Å². The van der Waals surface area contributed by atoms with Crippen LogP contribution in [0, 0.1) is 19.8 Å². The predicted molar refractivity (Wildman–Crippen MR) is 80.2 cm³/mol. The van der Waals surface area contributed by atoms with E-state index in [0.29, 0.717) is 5.76 Å². The molecule has 1 aliphatic rings. The van der Waals surface area contributed by atoms with Crippen LogP contribution in [0.1, 0.15) is 49.1 Å². The van der Waals surface area contributed by atoms with Crippen LogP contribution in [-0.4, -0.2) is 30.2 Å². The summed E-state index contributed by atoms with van der Waals surface area (Å²) in [6.07, 6.45) is 4.91. The van der Waals surface area contributed by atoms with Gasteiger partial charge in [-0.1, -0.05) is 24.4 Å². The molecule has 0 aromatic carbocycles. The van der Waals surface area contributed by atoms with E-state index in [0.717, 1.165) is 43.4 Å². The van der Waals surface area contributed by atoms with Gasteiger partial charge in [-0.2, -0.15) is 0 Å². The van der Waals surface area contributed by atoms with Gasteiger partial charge in [-0.3, -0.25) is 9.59 Å². The highest BCUT2D eigenvalue weighted by molar-refractivity contribution is 5.81. The SMILES string of the molecule is COC(=O)[C@@H]1CCCCC[C@H]1NC(=O)Cc1c(C)noc1C. The van der Waals surface area contributed by atoms with Crippen molar-refractivity contribution >= 4 is 11.9 Å². The lowest BCUT2D eigenvalue weighted by Gasteiger charge is -2.24. The highest BCUT2D eigenvalue weighted by atomic mass is 16.5. The minimum atomic E-state index is -0.249. The standard InChI is InChI=1S/C16H24N2O4/c1-10-13(11(2)22-18-10)9-15(19)17-14-8-6-4-5-7-12(14)16(20)21-3/h12,14H,4-9H2,1-3H3,(H,17,19)/t12-,14-/m1/s1. The van der Waals surface area contributed by atoms with Crippen molar-refractivity contribution in [1.82, 2.24) is 10.5 Å². The zero-order chi connectivity index (χ0) is 16.1. The zero-order valence-corrected chi connectivity index (χ0v) is 13.5. The number of carbonyl (C=O) groups excluding carboxylic acids is 2. The lowest BCUT2D eigenvalue weighted by atomic mass is 9.94. The number of aromatic nitrogens is 1. The van der Waals surface area contributed by atoms with Crippen molar-refractivity contribution in [2.75, 3.05) is 7.11 Å². The van der Waals surface area contributed by atoms with Crippen LogP contribution in [0.15, 0.2) is 4.52 Å². The predicted octanol–water partition coefficient (Wildman–Crippen LogP) is 2.07. The van der Waals surface area contributed by atoms with E-state index in [4.69, 9.17) is 9.26 Å². The van der Waals surface area contributed by atoms with Gasteiger partial charge in [0, 0.05) is 11.6 Å². The molecular formula is C16H24N2O4. The molecule has 2 atom stereocenters. The summed E-state index contributed by atoms with van der Waals surface area (Å²) in [7, 11) is 1.40. The topological polar surface area (TPSA) is 81.4 Å². The number of rotatable bonds is 4. The summed E-state index contributed by atoms with van der Waals surface area (Å²) >= 11 is 0. The lowest BCUT2D eigenvalue weighted by Crippen LogP contribution is -2.43. The Balaban J connectivity index is 2.02. The monoisotopic (exact) mass is 308 g/mol. The van der Waals surface area contributed by atoms with E-state index < -0.39 is 0 Å². The summed E-state index contributed by atoms with van der Waals surface area (Å²) in [6, 6.07) is -0.150. The van der Waals surface area contributed by atoms with Crippen molar-refractivity contribution in [3.05, 3.63) is 17.0 Å². The molecule has 0 spiro atoms. The van der Waals surface area contributed by atoms with Gasteiger partial charge < -0.3 is 14.6 Å². The highest BCUT2D eigenvalue weighted by Crippen LogP contribution is 2.25. The van der Waals surface area contributed by atoms with E-state index in [1.807, 2.05) is 6.92 Å². The van der Waals surface area contributed by atoms with Gasteiger partial charge >= 0.3 is 5.97 Å². The summed E-state index contributed by atoms with van der Waals surface area (Å²) in [5.74, 6) is 0.0823. The second-order valence-corrected chi connectivity index (χ2v) is 5.92. The van der Waals surface area contributed by atoms with Gasteiger partial charge in [-0.05, 0) is 26.7 Å². The van der Waals surface area contributed by atoms with Crippen LogP contribution in [0.4, 0.5) is 0 Å². The maximum absolute atomic E-state index is 12.3. The van der Waals surface area contributed by atoms with E-state index in [-0.39, 0.29) is 30.3 Å². The number of esters is 1. The van der Waals surface area contributed by atoms with Crippen LogP contribution in [0.3, 0.4) is 0 Å². The van der Waals surface area contributed by atoms with E-state index in [1.165, 1.54) is 7.11 Å². The normalized spacial score (nSPS) is 22.0. The maximum atomic E-state index is 12.3. The van der Waals surface area contributed by atoms with Crippen molar-refractivity contribution in [1.29, 1.82) is 0 Å². The van der Waals surface area contributed by atoms with Crippen molar-refractivity contribution in [3.63, 3.8) is 0 Å². The van der Waals surface area contributed by atoms with Crippen LogP contribution in [-0.2, 0) is 20.7 Å². The molecule has 0 unspecified atom stereocenters. The third-order valence-electron chi connectivity index (χ3n) is 4.38. The fourth-order valence-electron chi connectivity index (χ4n) is 3.09. The number of aryl methyl sites for hydroxylation is 2. The number of carbonyl (C=O) groups is 2. The number of nitrogens with one attached hydrogen (secondary N) is 1. The number of nitrogens with zero attached hydrogens (tertiary/aromatic N) is 1. The summed E-state index contributed by atoms with van der Waals surface area (Å²) in [5, 5.41) is 6.87. The number of ether oxygens (including phenoxy) is 1. The van der Waals surface area contributed by atoms with E-state index in [9.17, 15) is 9.59 Å². The fourth-order valence-corrected chi connectivity index (χ4v) is 3.09. The Morgan fingerprint density at radius 2 is 2.00 bits per heavy atom. The number of hydrogen-bond acceptors (Lipinski definition) is 5. The molecular weight excluding hydrogens is 284 g/mol. The summed E-state index contributed by atoms with van der Waals surface area (Å²) in [4.78, 5) is 24.3. The molecule has 1 amide bonds. The van der Waals surface area contributed by atoms with Crippen molar-refractivity contribution in [3.8, 4) is 0 Å². The summed E-state index contributed by atoms with van der Waals surface area (Å²) < 4.78 is 9.96. The van der Waals surface area contributed by atoms with Crippen LogP contribution in [0.2, 0.25) is 0 Å². The average molecular weight is 308 g/mol. The summed E-state index contributed by atoms with van der Waals surface area (Å²) in [6.45, 7) is 3.62. The minimum Gasteiger partial charge on any atom is -0.469 e. The lowest BCUT2D eigenvalue weighted by molar-refractivity contribution is -0.147. The van der Waals surface area contributed by atoms with E-state index in [2.05, 4.69) is 10.5 Å². The van der Waals surface area contributed by atoms with Gasteiger partial charge in [0.15, 0.2) is 0 Å². The Morgan fingerprint density at radius 3 is 2.64 bits per heavy atom. The molecule has 122 valence electrons. The molecule has 0 bridgehead atoms. The molecule has 1 aromatic heterocycles. The number of hydrogen-bond donors (Lipinski definition) is 1. The van der Waals surface area contributed by atoms with Crippen LogP contribution >= 0.6 is 0 Å².